The maximum absolute atomic E-state index is 13.4. The van der Waals surface area contributed by atoms with Crippen LogP contribution in [0.4, 0.5) is 0 Å². The molecule has 1 aliphatic rings. The van der Waals surface area contributed by atoms with Crippen molar-refractivity contribution in [2.75, 3.05) is 13.6 Å². The fourth-order valence-corrected chi connectivity index (χ4v) is 5.07. The predicted molar refractivity (Wildman–Crippen MR) is 144 cm³/mol. The van der Waals surface area contributed by atoms with Gasteiger partial charge in [-0.3, -0.25) is 10.2 Å². The topological polar surface area (TPSA) is 101 Å². The zero-order valence-electron chi connectivity index (χ0n) is 21.1. The molecular weight excluding hydrogens is 462 g/mol. The highest BCUT2D eigenvalue weighted by molar-refractivity contribution is 5.97. The van der Waals surface area contributed by atoms with Gasteiger partial charge in [0.1, 0.15) is 12.4 Å². The van der Waals surface area contributed by atoms with Gasteiger partial charge in [0.05, 0.1) is 5.56 Å². The summed E-state index contributed by atoms with van der Waals surface area (Å²) < 4.78 is 6.01. The number of benzene rings is 3. The summed E-state index contributed by atoms with van der Waals surface area (Å²) >= 11 is 0. The average molecular weight is 496 g/mol. The van der Waals surface area contributed by atoms with Crippen molar-refractivity contribution >= 4 is 11.9 Å². The summed E-state index contributed by atoms with van der Waals surface area (Å²) in [6.07, 6.45) is 5.24. The van der Waals surface area contributed by atoms with E-state index in [4.69, 9.17) is 10.1 Å². The Morgan fingerprint density at radius 1 is 1.03 bits per heavy atom. The number of nitrogens with zero attached hydrogens (tertiary/aromatic N) is 2. The molecule has 3 N–H and O–H groups in total. The van der Waals surface area contributed by atoms with Gasteiger partial charge in [-0.25, -0.2) is 4.90 Å². The molecule has 7 nitrogen and oxygen atoms in total. The Bertz CT molecular complexity index is 1230. The van der Waals surface area contributed by atoms with E-state index in [9.17, 15) is 10.1 Å². The zero-order valence-corrected chi connectivity index (χ0v) is 21.1. The lowest BCUT2D eigenvalue weighted by atomic mass is 9.68. The molecule has 0 radical (unpaired) electrons. The Balaban J connectivity index is 1.48. The first-order valence-corrected chi connectivity index (χ1v) is 12.6. The molecule has 1 aliphatic carbocycles. The molecule has 7 heteroatoms. The van der Waals surface area contributed by atoms with Gasteiger partial charge in [0, 0.05) is 25.0 Å². The van der Waals surface area contributed by atoms with E-state index in [0.29, 0.717) is 24.5 Å². The molecule has 0 unspecified atom stereocenters. The molecule has 0 spiro atoms. The van der Waals surface area contributed by atoms with Crippen LogP contribution < -0.4 is 15.4 Å². The highest BCUT2D eigenvalue weighted by Gasteiger charge is 2.39. The smallest absolute Gasteiger partial charge is 0.255 e. The van der Waals surface area contributed by atoms with Crippen LogP contribution in [0.2, 0.25) is 0 Å². The SMILES string of the molecule is CNC(=N)N(C#N)C1CCC(CNC(=O)c2ccccc2OCc2ccccc2)(c2ccccc2)CC1. The largest absolute Gasteiger partial charge is 0.488 e. The van der Waals surface area contributed by atoms with Gasteiger partial charge in [0.15, 0.2) is 6.19 Å². The van der Waals surface area contributed by atoms with E-state index in [1.807, 2.05) is 66.7 Å². The van der Waals surface area contributed by atoms with Gasteiger partial charge in [0.25, 0.3) is 5.91 Å². The van der Waals surface area contributed by atoms with E-state index in [1.165, 1.54) is 10.5 Å². The third kappa shape index (κ3) is 6.10. The number of carbonyl (C=O) groups excluding carboxylic acids is 1. The lowest BCUT2D eigenvalue weighted by Crippen LogP contribution is -2.49. The van der Waals surface area contributed by atoms with Crippen LogP contribution in [0.1, 0.15) is 47.2 Å². The average Bonchev–Trinajstić information content (AvgIpc) is 2.97. The van der Waals surface area contributed by atoms with E-state index >= 15 is 0 Å². The van der Waals surface area contributed by atoms with Gasteiger partial charge < -0.3 is 15.4 Å². The molecule has 1 amide bonds. The molecule has 0 heterocycles. The predicted octanol–water partition coefficient (Wildman–Crippen LogP) is 4.81. The van der Waals surface area contributed by atoms with Crippen molar-refractivity contribution in [3.63, 3.8) is 0 Å². The van der Waals surface area contributed by atoms with E-state index in [2.05, 4.69) is 29.0 Å². The molecule has 37 heavy (non-hydrogen) atoms. The molecule has 1 saturated carbocycles. The first-order valence-electron chi connectivity index (χ1n) is 12.6. The van der Waals surface area contributed by atoms with Crippen LogP contribution in [-0.4, -0.2) is 36.4 Å². The van der Waals surface area contributed by atoms with E-state index in [1.54, 1.807) is 13.1 Å². The molecule has 0 aliphatic heterocycles. The fourth-order valence-electron chi connectivity index (χ4n) is 5.07. The second kappa shape index (κ2) is 12.1. The van der Waals surface area contributed by atoms with Crippen LogP contribution in [0.25, 0.3) is 0 Å². The van der Waals surface area contributed by atoms with Gasteiger partial charge in [-0.05, 0) is 48.9 Å². The number of hydrogen-bond acceptors (Lipinski definition) is 4. The van der Waals surface area contributed by atoms with Gasteiger partial charge in [0.2, 0.25) is 5.96 Å². The standard InChI is InChI=1S/C30H33N5O2/c1-33-29(32)35(22-31)25-16-18-30(19-17-25,24-12-6-3-7-13-24)21-34-28(36)26-14-8-9-15-27(26)37-20-23-10-4-2-5-11-23/h2-15,25H,16-21H2,1H3,(H2,32,33)(H,34,36). The molecule has 4 rings (SSSR count). The Kier molecular flexibility index (Phi) is 8.42. The number of ether oxygens (including phenoxy) is 1. The molecule has 0 bridgehead atoms. The molecule has 0 aromatic heterocycles. The van der Waals surface area contributed by atoms with Crippen LogP contribution in [0.3, 0.4) is 0 Å². The van der Waals surface area contributed by atoms with Crippen LogP contribution in [0.15, 0.2) is 84.9 Å². The summed E-state index contributed by atoms with van der Waals surface area (Å²) in [6, 6.07) is 27.4. The highest BCUT2D eigenvalue weighted by Crippen LogP contribution is 2.40. The summed E-state index contributed by atoms with van der Waals surface area (Å²) in [5.41, 5.74) is 2.47. The fraction of sp³-hybridized carbons (Fsp3) is 0.300. The Morgan fingerprint density at radius 2 is 1.65 bits per heavy atom. The van der Waals surface area contributed by atoms with Crippen LogP contribution in [-0.2, 0) is 12.0 Å². The molecule has 0 atom stereocenters. The summed E-state index contributed by atoms with van der Waals surface area (Å²) in [5.74, 6) is 0.494. The zero-order chi connectivity index (χ0) is 26.1. The number of guanidine groups is 1. The van der Waals surface area contributed by atoms with E-state index in [-0.39, 0.29) is 23.3 Å². The van der Waals surface area contributed by atoms with Crippen molar-refractivity contribution in [1.82, 2.24) is 15.5 Å². The van der Waals surface area contributed by atoms with Gasteiger partial charge >= 0.3 is 0 Å². The molecule has 190 valence electrons. The number of para-hydroxylation sites is 1. The second-order valence-electron chi connectivity index (χ2n) is 9.40. The normalized spacial score (nSPS) is 18.8. The van der Waals surface area contributed by atoms with E-state index in [0.717, 1.165) is 31.2 Å². The molecule has 1 fully saturated rings. The third-order valence-corrected chi connectivity index (χ3v) is 7.21. The number of nitrogens with one attached hydrogen (secondary N) is 3. The Morgan fingerprint density at radius 3 is 2.30 bits per heavy atom. The van der Waals surface area contributed by atoms with Gasteiger partial charge in [-0.1, -0.05) is 72.8 Å². The summed E-state index contributed by atoms with van der Waals surface area (Å²) in [7, 11) is 1.65. The second-order valence-corrected chi connectivity index (χ2v) is 9.40. The minimum Gasteiger partial charge on any atom is -0.488 e. The van der Waals surface area contributed by atoms with Crippen molar-refractivity contribution in [3.05, 3.63) is 102 Å². The minimum absolute atomic E-state index is 0.0374. The third-order valence-electron chi connectivity index (χ3n) is 7.21. The van der Waals surface area contributed by atoms with Crippen molar-refractivity contribution in [3.8, 4) is 11.9 Å². The lowest BCUT2D eigenvalue weighted by molar-refractivity contribution is 0.0927. The first kappa shape index (κ1) is 25.8. The van der Waals surface area contributed by atoms with Gasteiger partial charge in [-0.2, -0.15) is 5.26 Å². The van der Waals surface area contributed by atoms with Crippen LogP contribution >= 0.6 is 0 Å². The number of rotatable bonds is 8. The van der Waals surface area contributed by atoms with Crippen molar-refractivity contribution in [1.29, 1.82) is 10.7 Å². The summed E-state index contributed by atoms with van der Waals surface area (Å²) in [4.78, 5) is 14.8. The van der Waals surface area contributed by atoms with Crippen LogP contribution in [0, 0.1) is 16.9 Å². The molecule has 3 aromatic rings. The Hall–Kier alpha value is -4.31. The minimum atomic E-state index is -0.254. The highest BCUT2D eigenvalue weighted by atomic mass is 16.5. The maximum Gasteiger partial charge on any atom is 0.255 e. The number of nitriles is 1. The molecular formula is C30H33N5O2. The summed E-state index contributed by atoms with van der Waals surface area (Å²) in [6.45, 7) is 0.864. The number of carbonyl (C=O) groups is 1. The van der Waals surface area contributed by atoms with Crippen molar-refractivity contribution in [2.45, 2.75) is 43.7 Å². The lowest BCUT2D eigenvalue weighted by Gasteiger charge is -2.42. The van der Waals surface area contributed by atoms with Crippen molar-refractivity contribution < 1.29 is 9.53 Å². The number of amides is 1. The molecule has 0 saturated heterocycles. The number of hydrogen-bond donors (Lipinski definition) is 3. The van der Waals surface area contributed by atoms with Crippen LogP contribution in [0.5, 0.6) is 5.75 Å². The van der Waals surface area contributed by atoms with Gasteiger partial charge in [-0.15, -0.1) is 0 Å². The Labute approximate surface area is 218 Å². The first-order chi connectivity index (χ1) is 18.1. The molecule has 3 aromatic carbocycles. The monoisotopic (exact) mass is 495 g/mol. The summed E-state index contributed by atoms with van der Waals surface area (Å²) in [5, 5.41) is 23.6. The van der Waals surface area contributed by atoms with Crippen molar-refractivity contribution in [2.24, 2.45) is 0 Å². The maximum atomic E-state index is 13.4. The quantitative estimate of drug-likeness (QED) is 0.180. The van der Waals surface area contributed by atoms with E-state index < -0.39 is 0 Å².